The number of anilines is 1. The third kappa shape index (κ3) is 1.56. The van der Waals surface area contributed by atoms with E-state index < -0.39 is 0 Å². The first-order valence-electron chi connectivity index (χ1n) is 4.33. The summed E-state index contributed by atoms with van der Waals surface area (Å²) in [5.74, 6) is 1.27. The third-order valence-corrected chi connectivity index (χ3v) is 1.87. The molecule has 7 nitrogen and oxygen atoms in total. The lowest BCUT2D eigenvalue weighted by molar-refractivity contribution is 0.562. The average Bonchev–Trinajstić information content (AvgIpc) is 2.76. The molecule has 0 unspecified atom stereocenters. The normalized spacial score (nSPS) is 10.6. The van der Waals surface area contributed by atoms with Crippen molar-refractivity contribution in [3.05, 3.63) is 18.1 Å². The van der Waals surface area contributed by atoms with Crippen LogP contribution < -0.4 is 5.73 Å². The minimum atomic E-state index is 0.500. The van der Waals surface area contributed by atoms with Gasteiger partial charge >= 0.3 is 0 Å². The molecular weight excluding hydrogens is 182 g/mol. The van der Waals surface area contributed by atoms with Crippen molar-refractivity contribution in [2.24, 2.45) is 0 Å². The molecule has 0 atom stereocenters. The molecular formula is C7H11N7. The second-order valence-corrected chi connectivity index (χ2v) is 2.85. The molecule has 0 spiro atoms. The van der Waals surface area contributed by atoms with Crippen molar-refractivity contribution >= 4 is 5.82 Å². The molecule has 2 aromatic heterocycles. The Morgan fingerprint density at radius 1 is 1.50 bits per heavy atom. The molecule has 0 saturated carbocycles. The molecule has 0 aliphatic rings. The first-order valence-corrected chi connectivity index (χ1v) is 4.33. The minimum Gasteiger partial charge on any atom is -0.382 e. The lowest BCUT2D eigenvalue weighted by atomic mass is 10.5. The van der Waals surface area contributed by atoms with Gasteiger partial charge in [0, 0.05) is 12.7 Å². The second kappa shape index (κ2) is 3.44. The Bertz CT molecular complexity index is 415. The molecule has 0 bridgehead atoms. The van der Waals surface area contributed by atoms with E-state index in [0.29, 0.717) is 12.4 Å². The number of hydrogen-bond acceptors (Lipinski definition) is 5. The molecule has 0 fully saturated rings. The summed E-state index contributed by atoms with van der Waals surface area (Å²) in [6.45, 7) is 3.27. The Morgan fingerprint density at radius 3 is 3.00 bits per heavy atom. The number of nitrogen functional groups attached to an aromatic ring is 1. The van der Waals surface area contributed by atoms with Crippen LogP contribution in [0.5, 0.6) is 0 Å². The highest BCUT2D eigenvalue weighted by atomic mass is 15.5. The first kappa shape index (κ1) is 8.67. The minimum absolute atomic E-state index is 0.500. The van der Waals surface area contributed by atoms with E-state index in [1.54, 1.807) is 21.6 Å². The lowest BCUT2D eigenvalue weighted by Crippen LogP contribution is -2.09. The van der Waals surface area contributed by atoms with E-state index in [-0.39, 0.29) is 0 Å². The average molecular weight is 193 g/mol. The molecule has 2 N–H and O–H groups in total. The van der Waals surface area contributed by atoms with Gasteiger partial charge in [0.2, 0.25) is 0 Å². The lowest BCUT2D eigenvalue weighted by Gasteiger charge is -2.00. The molecule has 0 aliphatic carbocycles. The highest BCUT2D eigenvalue weighted by Crippen LogP contribution is 1.99. The molecule has 2 heterocycles. The second-order valence-electron chi connectivity index (χ2n) is 2.85. The van der Waals surface area contributed by atoms with Gasteiger partial charge in [0.25, 0.3) is 0 Å². The van der Waals surface area contributed by atoms with Gasteiger partial charge in [-0.05, 0) is 23.4 Å². The van der Waals surface area contributed by atoms with E-state index in [0.717, 1.165) is 12.4 Å². The van der Waals surface area contributed by atoms with Gasteiger partial charge in [0.15, 0.2) is 5.82 Å². The van der Waals surface area contributed by atoms with Gasteiger partial charge in [-0.25, -0.2) is 4.68 Å². The monoisotopic (exact) mass is 193 g/mol. The van der Waals surface area contributed by atoms with E-state index in [1.165, 1.54) is 0 Å². The van der Waals surface area contributed by atoms with Gasteiger partial charge < -0.3 is 5.73 Å². The van der Waals surface area contributed by atoms with E-state index >= 15 is 0 Å². The van der Waals surface area contributed by atoms with Crippen molar-refractivity contribution in [1.82, 2.24) is 30.0 Å². The maximum atomic E-state index is 5.49. The Morgan fingerprint density at radius 2 is 2.36 bits per heavy atom. The molecule has 0 saturated heterocycles. The van der Waals surface area contributed by atoms with Gasteiger partial charge in [-0.3, -0.25) is 4.68 Å². The van der Waals surface area contributed by atoms with E-state index in [9.17, 15) is 0 Å². The third-order valence-electron chi connectivity index (χ3n) is 1.87. The molecule has 0 amide bonds. The SMILES string of the molecule is CCn1nnnc1Cn1ccc(N)n1. The number of aryl methyl sites for hydroxylation is 1. The molecule has 74 valence electrons. The molecule has 7 heteroatoms. The molecule has 2 rings (SSSR count). The summed E-state index contributed by atoms with van der Waals surface area (Å²) in [7, 11) is 0. The number of rotatable bonds is 3. The zero-order valence-electron chi connectivity index (χ0n) is 7.83. The maximum absolute atomic E-state index is 5.49. The van der Waals surface area contributed by atoms with Crippen LogP contribution in [0.4, 0.5) is 5.82 Å². The summed E-state index contributed by atoms with van der Waals surface area (Å²) in [6, 6.07) is 1.74. The number of nitrogens with two attached hydrogens (primary N) is 1. The predicted octanol–water partition coefficient (Wildman–Crippen LogP) is -0.480. The van der Waals surface area contributed by atoms with Crippen LogP contribution in [-0.4, -0.2) is 30.0 Å². The smallest absolute Gasteiger partial charge is 0.172 e. The van der Waals surface area contributed by atoms with Crippen molar-refractivity contribution in [2.45, 2.75) is 20.0 Å². The van der Waals surface area contributed by atoms with Gasteiger partial charge in [0.1, 0.15) is 12.4 Å². The van der Waals surface area contributed by atoms with Crippen LogP contribution in [0.2, 0.25) is 0 Å². The standard InChI is InChI=1S/C7H11N7/c1-2-14-7(9-11-12-14)5-13-4-3-6(8)10-13/h3-4H,2,5H2,1H3,(H2,8,10). The fourth-order valence-corrected chi connectivity index (χ4v) is 1.19. The topological polar surface area (TPSA) is 87.4 Å². The summed E-state index contributed by atoms with van der Waals surface area (Å²) < 4.78 is 3.42. The summed E-state index contributed by atoms with van der Waals surface area (Å²) in [4.78, 5) is 0. The largest absolute Gasteiger partial charge is 0.382 e. The van der Waals surface area contributed by atoms with Crippen LogP contribution in [0, 0.1) is 0 Å². The molecule has 14 heavy (non-hydrogen) atoms. The molecule has 0 radical (unpaired) electrons. The van der Waals surface area contributed by atoms with Crippen molar-refractivity contribution in [2.75, 3.05) is 5.73 Å². The summed E-state index contributed by atoms with van der Waals surface area (Å²) in [5.41, 5.74) is 5.49. The fraction of sp³-hybridized carbons (Fsp3) is 0.429. The highest BCUT2D eigenvalue weighted by Gasteiger charge is 2.05. The molecule has 2 aromatic rings. The van der Waals surface area contributed by atoms with Crippen LogP contribution in [-0.2, 0) is 13.1 Å². The van der Waals surface area contributed by atoms with E-state index in [4.69, 9.17) is 5.73 Å². The molecule has 0 aliphatic heterocycles. The van der Waals surface area contributed by atoms with E-state index in [1.807, 2.05) is 6.92 Å². The number of tetrazole rings is 1. The number of aromatic nitrogens is 6. The predicted molar refractivity (Wildman–Crippen MR) is 49.2 cm³/mol. The van der Waals surface area contributed by atoms with E-state index in [2.05, 4.69) is 20.6 Å². The summed E-state index contributed by atoms with van der Waals surface area (Å²) in [5, 5.41) is 15.3. The van der Waals surface area contributed by atoms with Crippen LogP contribution in [0.25, 0.3) is 0 Å². The Kier molecular flexibility index (Phi) is 2.13. The first-order chi connectivity index (χ1) is 6.79. The molecule has 0 aromatic carbocycles. The van der Waals surface area contributed by atoms with Crippen molar-refractivity contribution in [3.63, 3.8) is 0 Å². The Hall–Kier alpha value is -1.92. The van der Waals surface area contributed by atoms with Crippen LogP contribution in [0.15, 0.2) is 12.3 Å². The zero-order valence-corrected chi connectivity index (χ0v) is 7.83. The van der Waals surface area contributed by atoms with Crippen LogP contribution in [0.1, 0.15) is 12.7 Å². The van der Waals surface area contributed by atoms with Gasteiger partial charge in [0.05, 0.1) is 0 Å². The Balaban J connectivity index is 2.18. The van der Waals surface area contributed by atoms with Crippen molar-refractivity contribution in [3.8, 4) is 0 Å². The Labute approximate surface area is 80.5 Å². The highest BCUT2D eigenvalue weighted by molar-refractivity contribution is 5.23. The van der Waals surface area contributed by atoms with Gasteiger partial charge in [-0.15, -0.1) is 5.10 Å². The number of nitrogens with zero attached hydrogens (tertiary/aromatic N) is 6. The summed E-state index contributed by atoms with van der Waals surface area (Å²) >= 11 is 0. The van der Waals surface area contributed by atoms with Crippen LogP contribution >= 0.6 is 0 Å². The van der Waals surface area contributed by atoms with Gasteiger partial charge in [-0.1, -0.05) is 0 Å². The zero-order chi connectivity index (χ0) is 9.97. The van der Waals surface area contributed by atoms with Crippen LogP contribution in [0.3, 0.4) is 0 Å². The number of hydrogen-bond donors (Lipinski definition) is 1. The maximum Gasteiger partial charge on any atom is 0.172 e. The fourth-order valence-electron chi connectivity index (χ4n) is 1.19. The van der Waals surface area contributed by atoms with Crippen molar-refractivity contribution < 1.29 is 0 Å². The van der Waals surface area contributed by atoms with Gasteiger partial charge in [-0.2, -0.15) is 5.10 Å². The summed E-state index contributed by atoms with van der Waals surface area (Å²) in [6.07, 6.45) is 1.80. The quantitative estimate of drug-likeness (QED) is 0.711. The van der Waals surface area contributed by atoms with Crippen molar-refractivity contribution in [1.29, 1.82) is 0 Å².